The van der Waals surface area contributed by atoms with E-state index in [1.807, 2.05) is 36.4 Å². The highest BCUT2D eigenvalue weighted by molar-refractivity contribution is 6.15. The maximum Gasteiger partial charge on any atom is 0.216 e. The third kappa shape index (κ3) is 3.34. The van der Waals surface area contributed by atoms with E-state index in [-0.39, 0.29) is 11.2 Å². The summed E-state index contributed by atoms with van der Waals surface area (Å²) in [4.78, 5) is 0. The quantitative estimate of drug-likeness (QED) is 0.230. The lowest BCUT2D eigenvalue weighted by Gasteiger charge is -2.22. The highest BCUT2D eigenvalue weighted by Crippen LogP contribution is 2.45. The van der Waals surface area contributed by atoms with E-state index < -0.39 is 0 Å². The number of para-hydroxylation sites is 1. The van der Waals surface area contributed by atoms with Crippen LogP contribution in [0.3, 0.4) is 0 Å². The van der Waals surface area contributed by atoms with Gasteiger partial charge in [-0.25, -0.2) is 4.39 Å². The van der Waals surface area contributed by atoms with Crippen molar-refractivity contribution >= 4 is 32.8 Å². The Labute approximate surface area is 210 Å². The summed E-state index contributed by atoms with van der Waals surface area (Å²) in [6.07, 6.45) is 0. The minimum absolute atomic E-state index is 0.120. The highest BCUT2D eigenvalue weighted by Gasteiger charge is 2.29. The number of furan rings is 1. The number of benzene rings is 4. The lowest BCUT2D eigenvalue weighted by atomic mass is 9.81. The number of aryl methyl sites for hydroxylation is 2. The number of pyridine rings is 1. The third-order valence-corrected chi connectivity index (χ3v) is 7.27. The lowest BCUT2D eigenvalue weighted by Crippen LogP contribution is -2.32. The zero-order chi connectivity index (χ0) is 25.2. The maximum absolute atomic E-state index is 15.3. The predicted molar refractivity (Wildman–Crippen MR) is 147 cm³/mol. The normalized spacial score (nSPS) is 12.2. The van der Waals surface area contributed by atoms with Crippen LogP contribution in [-0.2, 0) is 12.5 Å². The molecular formula is C33H29FNO+. The Morgan fingerprint density at radius 1 is 0.778 bits per heavy atom. The molecule has 0 atom stereocenters. The second-order valence-electron chi connectivity index (χ2n) is 10.7. The van der Waals surface area contributed by atoms with E-state index in [2.05, 4.69) is 81.8 Å². The molecule has 0 aliphatic rings. The summed E-state index contributed by atoms with van der Waals surface area (Å²) in [5.74, 6) is -0.278. The molecule has 2 aromatic heterocycles. The first-order valence-corrected chi connectivity index (χ1v) is 12.4. The summed E-state index contributed by atoms with van der Waals surface area (Å²) in [5, 5.41) is 3.19. The Morgan fingerprint density at radius 2 is 1.50 bits per heavy atom. The first-order chi connectivity index (χ1) is 17.3. The molecule has 0 saturated heterocycles. The van der Waals surface area contributed by atoms with Crippen LogP contribution in [0.15, 0.2) is 89.3 Å². The van der Waals surface area contributed by atoms with Gasteiger partial charge in [0.25, 0.3) is 0 Å². The van der Waals surface area contributed by atoms with Gasteiger partial charge in [0.1, 0.15) is 24.0 Å². The third-order valence-electron chi connectivity index (χ3n) is 7.27. The van der Waals surface area contributed by atoms with Gasteiger partial charge in [-0.2, -0.15) is 4.57 Å². The van der Waals surface area contributed by atoms with Crippen LogP contribution in [0.5, 0.6) is 0 Å². The Bertz CT molecular complexity index is 1790. The van der Waals surface area contributed by atoms with Crippen LogP contribution in [0.2, 0.25) is 0 Å². The zero-order valence-electron chi connectivity index (χ0n) is 21.3. The van der Waals surface area contributed by atoms with E-state index in [1.54, 1.807) is 6.07 Å². The smallest absolute Gasteiger partial charge is 0.216 e. The molecule has 0 amide bonds. The molecule has 2 heterocycles. The van der Waals surface area contributed by atoms with Crippen molar-refractivity contribution in [2.45, 2.75) is 33.1 Å². The fourth-order valence-corrected chi connectivity index (χ4v) is 5.50. The summed E-state index contributed by atoms with van der Waals surface area (Å²) < 4.78 is 24.3. The average Bonchev–Trinajstić information content (AvgIpc) is 3.23. The number of hydrogen-bond donors (Lipinski definition) is 0. The van der Waals surface area contributed by atoms with Gasteiger partial charge in [0, 0.05) is 28.3 Å². The van der Waals surface area contributed by atoms with Gasteiger partial charge >= 0.3 is 0 Å². The van der Waals surface area contributed by atoms with Crippen LogP contribution < -0.4 is 4.57 Å². The minimum atomic E-state index is -0.278. The van der Waals surface area contributed by atoms with Gasteiger partial charge in [-0.3, -0.25) is 0 Å². The van der Waals surface area contributed by atoms with Crippen LogP contribution in [0.4, 0.5) is 4.39 Å². The van der Waals surface area contributed by atoms with E-state index in [1.165, 1.54) is 10.9 Å². The molecule has 6 aromatic rings. The number of aromatic nitrogens is 1. The minimum Gasteiger partial charge on any atom is -0.454 e. The first-order valence-electron chi connectivity index (χ1n) is 12.4. The summed E-state index contributed by atoms with van der Waals surface area (Å²) in [6.45, 7) is 8.80. The molecular weight excluding hydrogens is 445 g/mol. The molecule has 0 saturated carbocycles. The molecule has 3 heteroatoms. The van der Waals surface area contributed by atoms with Crippen molar-refractivity contribution in [3.8, 4) is 22.4 Å². The van der Waals surface area contributed by atoms with Crippen molar-refractivity contribution in [3.63, 3.8) is 0 Å². The van der Waals surface area contributed by atoms with Crippen LogP contribution in [0.25, 0.3) is 55.2 Å². The molecule has 4 aromatic carbocycles. The number of fused-ring (bicyclic) bond motifs is 4. The van der Waals surface area contributed by atoms with Crippen LogP contribution in [0, 0.1) is 12.7 Å². The highest BCUT2D eigenvalue weighted by atomic mass is 19.1. The summed E-state index contributed by atoms with van der Waals surface area (Å²) in [5.41, 5.74) is 8.20. The molecule has 2 nitrogen and oxygen atoms in total. The van der Waals surface area contributed by atoms with Gasteiger partial charge in [-0.1, -0.05) is 69.3 Å². The molecule has 0 unspecified atom stereocenters. The van der Waals surface area contributed by atoms with Gasteiger partial charge in [0.2, 0.25) is 11.2 Å². The molecule has 0 aliphatic carbocycles. The van der Waals surface area contributed by atoms with Gasteiger partial charge in [-0.05, 0) is 53.3 Å². The van der Waals surface area contributed by atoms with Crippen molar-refractivity contribution in [1.29, 1.82) is 0 Å². The number of nitrogens with zero attached hydrogens (tertiary/aromatic N) is 1. The molecule has 36 heavy (non-hydrogen) atoms. The summed E-state index contributed by atoms with van der Waals surface area (Å²) in [7, 11) is 2.10. The van der Waals surface area contributed by atoms with Gasteiger partial charge in [0.05, 0.1) is 11.1 Å². The first kappa shape index (κ1) is 22.5. The predicted octanol–water partition coefficient (Wildman–Crippen LogP) is 8.64. The molecule has 0 fully saturated rings. The fourth-order valence-electron chi connectivity index (χ4n) is 5.50. The molecule has 0 spiro atoms. The van der Waals surface area contributed by atoms with Crippen LogP contribution in [-0.4, -0.2) is 0 Å². The van der Waals surface area contributed by atoms with Crippen molar-refractivity contribution in [2.75, 3.05) is 0 Å². The van der Waals surface area contributed by atoms with E-state index in [0.717, 1.165) is 44.3 Å². The Morgan fingerprint density at radius 3 is 2.25 bits per heavy atom. The topological polar surface area (TPSA) is 17.0 Å². The SMILES string of the molecule is Cc1cc(C(C)(C)C)c2c(oc3c(-c4ccccc4)c(F)ccc32)c1-c1ccc2ccccc2[n+]1C. The Balaban J connectivity index is 1.80. The monoisotopic (exact) mass is 474 g/mol. The second kappa shape index (κ2) is 8.03. The van der Waals surface area contributed by atoms with Gasteiger partial charge in [0.15, 0.2) is 0 Å². The molecule has 0 radical (unpaired) electrons. The van der Waals surface area contributed by atoms with Crippen molar-refractivity contribution in [3.05, 3.63) is 102 Å². The molecule has 0 N–H and O–H groups in total. The number of hydrogen-bond acceptors (Lipinski definition) is 1. The average molecular weight is 475 g/mol. The van der Waals surface area contributed by atoms with Crippen molar-refractivity contribution < 1.29 is 13.4 Å². The van der Waals surface area contributed by atoms with Gasteiger partial charge < -0.3 is 4.42 Å². The lowest BCUT2D eigenvalue weighted by molar-refractivity contribution is -0.633. The summed E-state index contributed by atoms with van der Waals surface area (Å²) >= 11 is 0. The largest absolute Gasteiger partial charge is 0.454 e. The van der Waals surface area contributed by atoms with E-state index >= 15 is 4.39 Å². The van der Waals surface area contributed by atoms with E-state index in [9.17, 15) is 0 Å². The maximum atomic E-state index is 15.3. The standard InChI is InChI=1S/C33H29FNO/c1-20-19-24(33(2,3)4)30-23-16-17-25(34)29(22-12-7-6-8-13-22)31(23)36-32(30)28(20)27-18-15-21-11-9-10-14-26(21)35(27)5/h6-19H,1-5H3/q+1. The van der Waals surface area contributed by atoms with E-state index in [4.69, 9.17) is 4.42 Å². The molecule has 6 rings (SSSR count). The molecule has 0 bridgehead atoms. The van der Waals surface area contributed by atoms with E-state index in [0.29, 0.717) is 11.1 Å². The number of rotatable bonds is 2. The molecule has 178 valence electrons. The summed E-state index contributed by atoms with van der Waals surface area (Å²) in [6, 6.07) is 28.1. The van der Waals surface area contributed by atoms with Crippen molar-refractivity contribution in [1.82, 2.24) is 0 Å². The van der Waals surface area contributed by atoms with Crippen LogP contribution in [0.1, 0.15) is 31.9 Å². The van der Waals surface area contributed by atoms with Crippen LogP contribution >= 0.6 is 0 Å². The fraction of sp³-hybridized carbons (Fsp3) is 0.182. The Hall–Kier alpha value is -3.98. The second-order valence-corrected chi connectivity index (χ2v) is 10.7. The number of halogens is 1. The zero-order valence-corrected chi connectivity index (χ0v) is 21.3. The van der Waals surface area contributed by atoms with Gasteiger partial charge in [-0.15, -0.1) is 0 Å². The Kier molecular flexibility index (Phi) is 5.01. The molecule has 0 aliphatic heterocycles. The van der Waals surface area contributed by atoms with Crippen molar-refractivity contribution in [2.24, 2.45) is 7.05 Å².